The van der Waals surface area contributed by atoms with Gasteiger partial charge in [0.2, 0.25) is 0 Å². The Labute approximate surface area is 152 Å². The maximum Gasteiger partial charge on any atom is 0.251 e. The zero-order valence-corrected chi connectivity index (χ0v) is 15.2. The molecule has 0 saturated carbocycles. The number of benzene rings is 1. The molecule has 0 radical (unpaired) electrons. The number of amides is 1. The average molecular weight is 357 g/mol. The first-order valence-corrected chi connectivity index (χ1v) is 9.60. The molecule has 1 saturated heterocycles. The Bertz CT molecular complexity index is 683. The number of carbonyl (C=O) groups is 1. The van der Waals surface area contributed by atoms with Crippen molar-refractivity contribution in [1.82, 2.24) is 10.3 Å². The second-order valence-corrected chi connectivity index (χ2v) is 7.06. The van der Waals surface area contributed by atoms with Crippen molar-refractivity contribution in [3.05, 3.63) is 48.2 Å². The number of pyridine rings is 1. The average Bonchev–Trinajstić information content (AvgIpc) is 2.69. The predicted molar refractivity (Wildman–Crippen MR) is 103 cm³/mol. The molecule has 0 bridgehead atoms. The summed E-state index contributed by atoms with van der Waals surface area (Å²) >= 11 is 1.99. The van der Waals surface area contributed by atoms with E-state index < -0.39 is 0 Å². The van der Waals surface area contributed by atoms with Gasteiger partial charge in [-0.3, -0.25) is 4.79 Å². The van der Waals surface area contributed by atoms with Crippen LogP contribution < -0.4 is 10.2 Å². The highest BCUT2D eigenvalue weighted by molar-refractivity contribution is 7.99. The van der Waals surface area contributed by atoms with Crippen molar-refractivity contribution < 1.29 is 9.53 Å². The summed E-state index contributed by atoms with van der Waals surface area (Å²) < 4.78 is 4.93. The quantitative estimate of drug-likeness (QED) is 0.806. The molecular formula is C19H23N3O2S. The van der Waals surface area contributed by atoms with E-state index in [1.165, 1.54) is 0 Å². The summed E-state index contributed by atoms with van der Waals surface area (Å²) in [5.74, 6) is 3.28. The van der Waals surface area contributed by atoms with Crippen LogP contribution in [0.4, 0.5) is 5.82 Å². The van der Waals surface area contributed by atoms with Gasteiger partial charge in [0.15, 0.2) is 0 Å². The number of nitrogens with zero attached hydrogens (tertiary/aromatic N) is 2. The minimum Gasteiger partial charge on any atom is -0.383 e. The third-order valence-corrected chi connectivity index (χ3v) is 5.10. The van der Waals surface area contributed by atoms with Crippen LogP contribution in [0.1, 0.15) is 10.4 Å². The van der Waals surface area contributed by atoms with Gasteiger partial charge < -0.3 is 15.0 Å². The van der Waals surface area contributed by atoms with Crippen molar-refractivity contribution >= 4 is 23.5 Å². The van der Waals surface area contributed by atoms with Crippen LogP contribution in [-0.4, -0.2) is 55.7 Å². The number of hydrogen-bond donors (Lipinski definition) is 1. The number of nitrogens with one attached hydrogen (secondary N) is 1. The molecule has 1 aromatic heterocycles. The molecule has 2 aromatic rings. The van der Waals surface area contributed by atoms with E-state index in [1.54, 1.807) is 7.11 Å². The lowest BCUT2D eigenvalue weighted by Gasteiger charge is -2.27. The van der Waals surface area contributed by atoms with Crippen LogP contribution in [0.15, 0.2) is 42.6 Å². The van der Waals surface area contributed by atoms with Gasteiger partial charge in [0, 0.05) is 55.6 Å². The van der Waals surface area contributed by atoms with Gasteiger partial charge in [-0.1, -0.05) is 12.1 Å². The van der Waals surface area contributed by atoms with Gasteiger partial charge in [0.25, 0.3) is 5.91 Å². The number of carbonyl (C=O) groups excluding carboxylic acids is 1. The van der Waals surface area contributed by atoms with Crippen LogP contribution >= 0.6 is 11.8 Å². The Hall–Kier alpha value is -2.05. The topological polar surface area (TPSA) is 54.5 Å². The molecule has 5 nitrogen and oxygen atoms in total. The highest BCUT2D eigenvalue weighted by Gasteiger charge is 2.12. The largest absolute Gasteiger partial charge is 0.383 e. The Balaban J connectivity index is 1.64. The van der Waals surface area contributed by atoms with Crippen LogP contribution in [-0.2, 0) is 4.74 Å². The molecule has 25 heavy (non-hydrogen) atoms. The molecule has 1 aliphatic heterocycles. The van der Waals surface area contributed by atoms with Crippen molar-refractivity contribution in [2.75, 3.05) is 49.8 Å². The third kappa shape index (κ3) is 4.74. The monoisotopic (exact) mass is 357 g/mol. The van der Waals surface area contributed by atoms with Crippen molar-refractivity contribution in [3.8, 4) is 11.1 Å². The SMILES string of the molecule is COCCNC(=O)c1ccc(-c2ccc(N3CCSCC3)nc2)cc1. The third-order valence-electron chi connectivity index (χ3n) is 4.16. The summed E-state index contributed by atoms with van der Waals surface area (Å²) in [4.78, 5) is 18.9. The number of anilines is 1. The van der Waals surface area contributed by atoms with E-state index in [9.17, 15) is 4.79 Å². The summed E-state index contributed by atoms with van der Waals surface area (Å²) in [6.07, 6.45) is 1.91. The molecule has 0 spiro atoms. The smallest absolute Gasteiger partial charge is 0.251 e. The van der Waals surface area contributed by atoms with E-state index in [0.29, 0.717) is 18.7 Å². The summed E-state index contributed by atoms with van der Waals surface area (Å²) in [5.41, 5.74) is 2.76. The second kappa shape index (κ2) is 8.87. The standard InChI is InChI=1S/C19H23N3O2S/c1-24-11-8-20-19(23)16-4-2-15(3-5-16)17-6-7-18(21-14-17)22-9-12-25-13-10-22/h2-7,14H,8-13H2,1H3,(H,20,23). The predicted octanol–water partition coefficient (Wildman–Crippen LogP) is 2.68. The fraction of sp³-hybridized carbons (Fsp3) is 0.368. The van der Waals surface area contributed by atoms with E-state index in [4.69, 9.17) is 4.74 Å². The molecule has 1 fully saturated rings. The van der Waals surface area contributed by atoms with Gasteiger partial charge in [-0.15, -0.1) is 0 Å². The second-order valence-electron chi connectivity index (χ2n) is 5.83. The van der Waals surface area contributed by atoms with Crippen molar-refractivity contribution in [2.24, 2.45) is 0 Å². The summed E-state index contributed by atoms with van der Waals surface area (Å²) in [6, 6.07) is 11.8. The van der Waals surface area contributed by atoms with E-state index >= 15 is 0 Å². The van der Waals surface area contributed by atoms with Crippen LogP contribution in [0.5, 0.6) is 0 Å². The lowest BCUT2D eigenvalue weighted by molar-refractivity contribution is 0.0937. The van der Waals surface area contributed by atoms with Gasteiger partial charge in [-0.05, 0) is 29.8 Å². The molecule has 1 aromatic carbocycles. The van der Waals surface area contributed by atoms with Crippen molar-refractivity contribution in [1.29, 1.82) is 0 Å². The highest BCUT2D eigenvalue weighted by atomic mass is 32.2. The van der Waals surface area contributed by atoms with E-state index in [-0.39, 0.29) is 5.91 Å². The zero-order valence-electron chi connectivity index (χ0n) is 14.4. The first kappa shape index (κ1) is 17.8. The maximum atomic E-state index is 12.0. The lowest BCUT2D eigenvalue weighted by atomic mass is 10.1. The fourth-order valence-corrected chi connectivity index (χ4v) is 3.62. The number of aromatic nitrogens is 1. The Morgan fingerprint density at radius 1 is 1.16 bits per heavy atom. The zero-order chi connectivity index (χ0) is 17.5. The number of hydrogen-bond acceptors (Lipinski definition) is 5. The van der Waals surface area contributed by atoms with Gasteiger partial charge in [0.05, 0.1) is 6.61 Å². The van der Waals surface area contributed by atoms with Gasteiger partial charge in [-0.25, -0.2) is 4.98 Å². The Morgan fingerprint density at radius 2 is 1.88 bits per heavy atom. The summed E-state index contributed by atoms with van der Waals surface area (Å²) in [7, 11) is 1.62. The highest BCUT2D eigenvalue weighted by Crippen LogP contribution is 2.23. The lowest BCUT2D eigenvalue weighted by Crippen LogP contribution is -2.32. The molecule has 132 valence electrons. The molecule has 0 atom stereocenters. The first-order valence-electron chi connectivity index (χ1n) is 8.44. The molecule has 0 unspecified atom stereocenters. The minimum absolute atomic E-state index is 0.0833. The van der Waals surface area contributed by atoms with E-state index in [2.05, 4.69) is 27.3 Å². The first-order chi connectivity index (χ1) is 12.3. The minimum atomic E-state index is -0.0833. The molecule has 0 aliphatic carbocycles. The van der Waals surface area contributed by atoms with Crippen molar-refractivity contribution in [3.63, 3.8) is 0 Å². The number of methoxy groups -OCH3 is 1. The number of ether oxygens (including phenoxy) is 1. The molecule has 1 N–H and O–H groups in total. The van der Waals surface area contributed by atoms with Gasteiger partial charge in [-0.2, -0.15) is 11.8 Å². The molecule has 1 aliphatic rings. The molecule has 2 heterocycles. The normalized spacial score (nSPS) is 14.4. The summed E-state index contributed by atoms with van der Waals surface area (Å²) in [5, 5.41) is 2.82. The van der Waals surface area contributed by atoms with Crippen LogP contribution in [0.25, 0.3) is 11.1 Å². The molecular weight excluding hydrogens is 334 g/mol. The van der Waals surface area contributed by atoms with Gasteiger partial charge >= 0.3 is 0 Å². The van der Waals surface area contributed by atoms with E-state index in [1.807, 2.05) is 42.2 Å². The van der Waals surface area contributed by atoms with Gasteiger partial charge in [0.1, 0.15) is 5.82 Å². The molecule has 3 rings (SSSR count). The maximum absolute atomic E-state index is 12.0. The number of thioether (sulfide) groups is 1. The van der Waals surface area contributed by atoms with Crippen LogP contribution in [0.3, 0.4) is 0 Å². The Kier molecular flexibility index (Phi) is 6.30. The number of rotatable bonds is 6. The summed E-state index contributed by atoms with van der Waals surface area (Å²) in [6.45, 7) is 3.14. The van der Waals surface area contributed by atoms with Crippen LogP contribution in [0.2, 0.25) is 0 Å². The van der Waals surface area contributed by atoms with Crippen LogP contribution in [0, 0.1) is 0 Å². The molecule has 1 amide bonds. The fourth-order valence-electron chi connectivity index (χ4n) is 2.72. The Morgan fingerprint density at radius 3 is 2.52 bits per heavy atom. The van der Waals surface area contributed by atoms with E-state index in [0.717, 1.165) is 41.5 Å². The molecule has 6 heteroatoms. The van der Waals surface area contributed by atoms with Crippen molar-refractivity contribution in [2.45, 2.75) is 0 Å².